The molecule has 30 heavy (non-hydrogen) atoms. The van der Waals surface area contributed by atoms with Gasteiger partial charge in [0.15, 0.2) is 0 Å². The fourth-order valence-corrected chi connectivity index (χ4v) is 4.55. The van der Waals surface area contributed by atoms with Crippen molar-refractivity contribution in [1.82, 2.24) is 4.90 Å². The molecule has 0 spiro atoms. The van der Waals surface area contributed by atoms with Crippen molar-refractivity contribution in [2.45, 2.75) is 76.6 Å². The van der Waals surface area contributed by atoms with E-state index < -0.39 is 23.4 Å². The lowest BCUT2D eigenvalue weighted by Crippen LogP contribution is -2.43. The van der Waals surface area contributed by atoms with E-state index >= 15 is 0 Å². The summed E-state index contributed by atoms with van der Waals surface area (Å²) in [5.41, 5.74) is -0.438. The van der Waals surface area contributed by atoms with Gasteiger partial charge in [0.05, 0.1) is 5.56 Å². The van der Waals surface area contributed by atoms with E-state index in [0.717, 1.165) is 56.8 Å². The van der Waals surface area contributed by atoms with Gasteiger partial charge in [-0.3, -0.25) is 4.90 Å². The number of ether oxygens (including phenoxy) is 1. The molecule has 2 aliphatic rings. The summed E-state index contributed by atoms with van der Waals surface area (Å²) in [5.74, 6) is 0.168. The lowest BCUT2D eigenvalue weighted by atomic mass is 9.75. The minimum atomic E-state index is -4.33. The number of carbonyl (C=O) groups excluding carboxylic acids is 1. The molecule has 1 saturated heterocycles. The molecule has 1 saturated carbocycles. The zero-order valence-corrected chi connectivity index (χ0v) is 17.9. The first-order chi connectivity index (χ1) is 14.0. The molecule has 0 aromatic heterocycles. The topological polar surface area (TPSA) is 41.9 Å². The Kier molecular flexibility index (Phi) is 6.90. The van der Waals surface area contributed by atoms with Crippen LogP contribution >= 0.6 is 0 Å². The Hall–Kier alpha value is -1.89. The second kappa shape index (κ2) is 9.08. The highest BCUT2D eigenvalue weighted by molar-refractivity contribution is 5.80. The van der Waals surface area contributed by atoms with E-state index in [9.17, 15) is 18.0 Å². The molecule has 1 heterocycles. The predicted molar refractivity (Wildman–Crippen MR) is 111 cm³/mol. The Morgan fingerprint density at radius 2 is 1.87 bits per heavy atom. The first-order valence-corrected chi connectivity index (χ1v) is 10.7. The molecule has 0 N–H and O–H groups in total. The molecule has 1 aromatic rings. The van der Waals surface area contributed by atoms with Crippen LogP contribution in [0, 0.1) is 5.92 Å². The molecule has 2 fully saturated rings. The highest BCUT2D eigenvalue weighted by Crippen LogP contribution is 2.40. The number of hydrogen-bond donors (Lipinski definition) is 0. The van der Waals surface area contributed by atoms with Gasteiger partial charge in [0.25, 0.3) is 0 Å². The van der Waals surface area contributed by atoms with Gasteiger partial charge in [-0.25, -0.2) is 4.79 Å². The van der Waals surface area contributed by atoms with Crippen molar-refractivity contribution in [2.75, 3.05) is 13.1 Å². The molecule has 1 aliphatic carbocycles. The maximum Gasteiger partial charge on any atom is 0.433 e. The number of amides is 1. The Balaban J connectivity index is 1.75. The van der Waals surface area contributed by atoms with E-state index in [4.69, 9.17) is 4.74 Å². The predicted octanol–water partition coefficient (Wildman–Crippen LogP) is 6.06. The molecule has 0 radical (unpaired) electrons. The third kappa shape index (κ3) is 6.06. The van der Waals surface area contributed by atoms with Crippen LogP contribution in [-0.4, -0.2) is 41.9 Å². The van der Waals surface area contributed by atoms with Crippen LogP contribution in [-0.2, 0) is 10.9 Å². The fourth-order valence-electron chi connectivity index (χ4n) is 4.55. The SMILES string of the molecule is CC(C)(C)OC(=O)/N=C/C1CC[C@H](c2cccc(C(F)(F)F)c2)C[C@@H]1N1CCCC1. The highest BCUT2D eigenvalue weighted by atomic mass is 19.4. The van der Waals surface area contributed by atoms with Crippen molar-refractivity contribution in [2.24, 2.45) is 10.9 Å². The van der Waals surface area contributed by atoms with Crippen molar-refractivity contribution in [1.29, 1.82) is 0 Å². The number of likely N-dealkylation sites (tertiary alicyclic amines) is 1. The summed E-state index contributed by atoms with van der Waals surface area (Å²) in [4.78, 5) is 18.5. The summed E-state index contributed by atoms with van der Waals surface area (Å²) in [6.45, 7) is 7.36. The van der Waals surface area contributed by atoms with E-state index in [1.165, 1.54) is 12.1 Å². The zero-order valence-electron chi connectivity index (χ0n) is 17.9. The number of halogens is 3. The lowest BCUT2D eigenvalue weighted by Gasteiger charge is -2.40. The highest BCUT2D eigenvalue weighted by Gasteiger charge is 2.36. The Morgan fingerprint density at radius 3 is 2.50 bits per heavy atom. The van der Waals surface area contributed by atoms with E-state index in [1.54, 1.807) is 33.1 Å². The third-order valence-corrected chi connectivity index (χ3v) is 5.93. The summed E-state index contributed by atoms with van der Waals surface area (Å²) in [5, 5.41) is 0. The number of alkyl halides is 3. The Bertz CT molecular complexity index is 764. The van der Waals surface area contributed by atoms with Crippen molar-refractivity contribution >= 4 is 12.3 Å². The van der Waals surface area contributed by atoms with Gasteiger partial charge in [-0.05, 0) is 83.5 Å². The number of benzene rings is 1. The molecular weight excluding hydrogens is 393 g/mol. The average Bonchev–Trinajstić information content (AvgIpc) is 3.19. The minimum absolute atomic E-state index is 0.0732. The van der Waals surface area contributed by atoms with Gasteiger partial charge in [-0.2, -0.15) is 18.2 Å². The van der Waals surface area contributed by atoms with Gasteiger partial charge >= 0.3 is 12.3 Å². The maximum atomic E-state index is 13.1. The van der Waals surface area contributed by atoms with Crippen LogP contribution < -0.4 is 0 Å². The molecule has 3 rings (SSSR count). The van der Waals surface area contributed by atoms with Gasteiger partial charge < -0.3 is 4.74 Å². The van der Waals surface area contributed by atoms with Crippen LogP contribution in [0.1, 0.15) is 69.9 Å². The van der Waals surface area contributed by atoms with Gasteiger partial charge in [-0.1, -0.05) is 18.2 Å². The van der Waals surface area contributed by atoms with Crippen molar-refractivity contribution < 1.29 is 22.7 Å². The molecule has 7 heteroatoms. The van der Waals surface area contributed by atoms with Gasteiger partial charge in [0.1, 0.15) is 5.60 Å². The van der Waals surface area contributed by atoms with Gasteiger partial charge in [0.2, 0.25) is 0 Å². The molecule has 1 aromatic carbocycles. The second-order valence-corrected chi connectivity index (χ2v) is 9.37. The van der Waals surface area contributed by atoms with E-state index in [2.05, 4.69) is 9.89 Å². The largest absolute Gasteiger partial charge is 0.442 e. The number of hydrogen-bond acceptors (Lipinski definition) is 3. The summed E-state index contributed by atoms with van der Waals surface area (Å²) in [7, 11) is 0. The average molecular weight is 425 g/mol. The van der Waals surface area contributed by atoms with Crippen LogP contribution in [0.3, 0.4) is 0 Å². The number of rotatable bonds is 3. The summed E-state index contributed by atoms with van der Waals surface area (Å²) in [6, 6.07) is 5.89. The molecule has 1 unspecified atom stereocenters. The van der Waals surface area contributed by atoms with Crippen LogP contribution in [0.2, 0.25) is 0 Å². The van der Waals surface area contributed by atoms with Crippen molar-refractivity contribution in [3.63, 3.8) is 0 Å². The number of aliphatic imine (C=N–C) groups is 1. The van der Waals surface area contributed by atoms with E-state index in [-0.39, 0.29) is 17.9 Å². The zero-order chi connectivity index (χ0) is 21.9. The minimum Gasteiger partial charge on any atom is -0.442 e. The Morgan fingerprint density at radius 1 is 1.17 bits per heavy atom. The number of nitrogens with zero attached hydrogens (tertiary/aromatic N) is 2. The van der Waals surface area contributed by atoms with Crippen LogP contribution in [0.5, 0.6) is 0 Å². The van der Waals surface area contributed by atoms with Crippen LogP contribution in [0.15, 0.2) is 29.3 Å². The third-order valence-electron chi connectivity index (χ3n) is 5.93. The van der Waals surface area contributed by atoms with Gasteiger partial charge in [-0.15, -0.1) is 0 Å². The fraction of sp³-hybridized carbons (Fsp3) is 0.652. The maximum absolute atomic E-state index is 13.1. The lowest BCUT2D eigenvalue weighted by molar-refractivity contribution is -0.137. The quantitative estimate of drug-likeness (QED) is 0.554. The van der Waals surface area contributed by atoms with E-state index in [0.29, 0.717) is 0 Å². The summed E-state index contributed by atoms with van der Waals surface area (Å²) < 4.78 is 44.7. The van der Waals surface area contributed by atoms with Gasteiger partial charge in [0, 0.05) is 18.2 Å². The molecule has 4 nitrogen and oxygen atoms in total. The Labute approximate surface area is 176 Å². The molecule has 1 amide bonds. The van der Waals surface area contributed by atoms with E-state index in [1.807, 2.05) is 0 Å². The van der Waals surface area contributed by atoms with Crippen LogP contribution in [0.25, 0.3) is 0 Å². The first kappa shape index (κ1) is 22.8. The second-order valence-electron chi connectivity index (χ2n) is 9.37. The van der Waals surface area contributed by atoms with Crippen molar-refractivity contribution in [3.05, 3.63) is 35.4 Å². The molecule has 0 bridgehead atoms. The first-order valence-electron chi connectivity index (χ1n) is 10.7. The molecular formula is C23H31F3N2O2. The standard InChI is InChI=1S/C23H31F3N2O2/c1-22(2,3)30-21(29)27-15-18-10-9-17(14-20(18)28-11-4-5-12-28)16-7-6-8-19(13-16)23(24,25)26/h6-8,13,15,17-18,20H,4-5,9-12,14H2,1-3H3/b27-15+/t17-,18?,20-/m0/s1. The summed E-state index contributed by atoms with van der Waals surface area (Å²) in [6.07, 6.45) is 1.36. The van der Waals surface area contributed by atoms with Crippen molar-refractivity contribution in [3.8, 4) is 0 Å². The molecule has 3 atom stereocenters. The monoisotopic (exact) mass is 424 g/mol. The summed E-state index contributed by atoms with van der Waals surface area (Å²) >= 11 is 0. The normalized spacial score (nSPS) is 26.3. The molecule has 166 valence electrons. The van der Waals surface area contributed by atoms with Crippen LogP contribution in [0.4, 0.5) is 18.0 Å². The molecule has 1 aliphatic heterocycles. The number of carbonyl (C=O) groups is 1. The smallest absolute Gasteiger partial charge is 0.433 e.